The minimum Gasteiger partial charge on any atom is -0.365 e. The highest BCUT2D eigenvalue weighted by Crippen LogP contribution is 2.29. The molecule has 5 heteroatoms. The maximum Gasteiger partial charge on any atom is 0.161 e. The van der Waals surface area contributed by atoms with E-state index in [-0.39, 0.29) is 6.10 Å². The topological polar surface area (TPSA) is 48.3 Å². The maximum atomic E-state index is 8.99. The number of hydrogen-bond acceptors (Lipinski definition) is 4. The first-order chi connectivity index (χ1) is 10.2. The van der Waals surface area contributed by atoms with Crippen LogP contribution in [0.4, 0.5) is 5.69 Å². The summed E-state index contributed by atoms with van der Waals surface area (Å²) in [7, 11) is 0. The van der Waals surface area contributed by atoms with Crippen LogP contribution in [-0.4, -0.2) is 32.3 Å². The molecule has 0 saturated carbocycles. The second-order valence-electron chi connectivity index (χ2n) is 5.32. The number of rotatable bonds is 5. The SMILES string of the molecule is CCCNC(C)c1ccc(N2CCOC(C#N)C2)cc1Br. The Bertz CT molecular complexity index is 515. The normalized spacial score (nSPS) is 20.1. The van der Waals surface area contributed by atoms with E-state index in [1.54, 1.807) is 0 Å². The van der Waals surface area contributed by atoms with Crippen LogP contribution < -0.4 is 10.2 Å². The molecule has 4 nitrogen and oxygen atoms in total. The van der Waals surface area contributed by atoms with Gasteiger partial charge in [-0.05, 0) is 37.6 Å². The lowest BCUT2D eigenvalue weighted by Gasteiger charge is -2.32. The molecule has 1 fully saturated rings. The van der Waals surface area contributed by atoms with Crippen LogP contribution in [-0.2, 0) is 4.74 Å². The molecule has 21 heavy (non-hydrogen) atoms. The van der Waals surface area contributed by atoms with Crippen LogP contribution in [0.15, 0.2) is 22.7 Å². The first kappa shape index (κ1) is 16.3. The summed E-state index contributed by atoms with van der Waals surface area (Å²) in [6.07, 6.45) is 0.797. The quantitative estimate of drug-likeness (QED) is 0.884. The number of halogens is 1. The summed E-state index contributed by atoms with van der Waals surface area (Å²) >= 11 is 3.68. The monoisotopic (exact) mass is 351 g/mol. The molecule has 1 aliphatic rings. The first-order valence-corrected chi connectivity index (χ1v) is 8.24. The van der Waals surface area contributed by atoms with Crippen molar-refractivity contribution in [3.05, 3.63) is 28.2 Å². The van der Waals surface area contributed by atoms with Gasteiger partial charge in [-0.15, -0.1) is 0 Å². The fourth-order valence-electron chi connectivity index (χ4n) is 2.50. The number of nitrogens with zero attached hydrogens (tertiary/aromatic N) is 2. The van der Waals surface area contributed by atoms with E-state index in [1.165, 1.54) is 5.56 Å². The summed E-state index contributed by atoms with van der Waals surface area (Å²) in [5.74, 6) is 0. The Morgan fingerprint density at radius 1 is 1.57 bits per heavy atom. The van der Waals surface area contributed by atoms with Crippen LogP contribution in [0.25, 0.3) is 0 Å². The van der Waals surface area contributed by atoms with Gasteiger partial charge in [0.1, 0.15) is 0 Å². The molecule has 2 rings (SSSR count). The fraction of sp³-hybridized carbons (Fsp3) is 0.562. The van der Waals surface area contributed by atoms with Gasteiger partial charge in [-0.1, -0.05) is 28.9 Å². The third-order valence-electron chi connectivity index (χ3n) is 3.73. The van der Waals surface area contributed by atoms with E-state index in [0.717, 1.165) is 29.7 Å². The number of nitriles is 1. The Labute approximate surface area is 135 Å². The zero-order valence-electron chi connectivity index (χ0n) is 12.6. The highest BCUT2D eigenvalue weighted by Gasteiger charge is 2.21. The first-order valence-electron chi connectivity index (χ1n) is 7.44. The zero-order valence-corrected chi connectivity index (χ0v) is 14.2. The number of benzene rings is 1. The zero-order chi connectivity index (χ0) is 15.2. The summed E-state index contributed by atoms with van der Waals surface area (Å²) < 4.78 is 6.50. The molecule has 1 N–H and O–H groups in total. The van der Waals surface area contributed by atoms with Crippen LogP contribution in [0, 0.1) is 11.3 Å². The van der Waals surface area contributed by atoms with Crippen molar-refractivity contribution in [1.82, 2.24) is 5.32 Å². The van der Waals surface area contributed by atoms with Crippen LogP contribution >= 0.6 is 15.9 Å². The molecule has 0 aliphatic carbocycles. The highest BCUT2D eigenvalue weighted by molar-refractivity contribution is 9.10. The number of anilines is 1. The molecular formula is C16H22BrN3O. The van der Waals surface area contributed by atoms with E-state index < -0.39 is 0 Å². The van der Waals surface area contributed by atoms with E-state index in [0.29, 0.717) is 19.2 Å². The molecule has 1 saturated heterocycles. The Kier molecular flexibility index (Phi) is 6.04. The number of ether oxygens (including phenoxy) is 1. The molecule has 0 amide bonds. The van der Waals surface area contributed by atoms with E-state index >= 15 is 0 Å². The van der Waals surface area contributed by atoms with Gasteiger partial charge >= 0.3 is 0 Å². The predicted molar refractivity (Wildman–Crippen MR) is 88.4 cm³/mol. The standard InChI is InChI=1S/C16H22BrN3O/c1-3-6-19-12(2)15-5-4-13(9-16(15)17)20-7-8-21-14(10-18)11-20/h4-5,9,12,14,19H,3,6-8,11H2,1-2H3. The van der Waals surface area contributed by atoms with E-state index in [2.05, 4.69) is 64.3 Å². The molecule has 0 radical (unpaired) electrons. The lowest BCUT2D eigenvalue weighted by Crippen LogP contribution is -2.41. The molecule has 1 heterocycles. The molecule has 0 bridgehead atoms. The molecule has 1 aliphatic heterocycles. The third-order valence-corrected chi connectivity index (χ3v) is 4.41. The van der Waals surface area contributed by atoms with Gasteiger partial charge in [0.15, 0.2) is 6.10 Å². The van der Waals surface area contributed by atoms with E-state index in [4.69, 9.17) is 10.00 Å². The largest absolute Gasteiger partial charge is 0.365 e. The average Bonchev–Trinajstić information content (AvgIpc) is 2.52. The number of morpholine rings is 1. The number of hydrogen-bond donors (Lipinski definition) is 1. The van der Waals surface area contributed by atoms with E-state index in [9.17, 15) is 0 Å². The summed E-state index contributed by atoms with van der Waals surface area (Å²) in [5, 5.41) is 12.5. The van der Waals surface area contributed by atoms with Crippen molar-refractivity contribution in [3.8, 4) is 6.07 Å². The molecule has 1 aromatic rings. The predicted octanol–water partition coefficient (Wildman–Crippen LogP) is 3.24. The molecule has 2 unspecified atom stereocenters. The second kappa shape index (κ2) is 7.79. The van der Waals surface area contributed by atoms with Crippen molar-refractivity contribution < 1.29 is 4.74 Å². The highest BCUT2D eigenvalue weighted by atomic mass is 79.9. The van der Waals surface area contributed by atoms with Gasteiger partial charge in [-0.2, -0.15) is 5.26 Å². The van der Waals surface area contributed by atoms with Gasteiger partial charge in [-0.3, -0.25) is 0 Å². The summed E-state index contributed by atoms with van der Waals surface area (Å²) in [6, 6.07) is 8.93. The Hall–Kier alpha value is -1.09. The van der Waals surface area contributed by atoms with Crippen molar-refractivity contribution >= 4 is 21.6 Å². The van der Waals surface area contributed by atoms with Crippen LogP contribution in [0.3, 0.4) is 0 Å². The van der Waals surface area contributed by atoms with Crippen molar-refractivity contribution in [2.75, 3.05) is 31.1 Å². The summed E-state index contributed by atoms with van der Waals surface area (Å²) in [6.45, 7) is 7.42. The molecule has 2 atom stereocenters. The van der Waals surface area contributed by atoms with Crippen molar-refractivity contribution in [2.45, 2.75) is 32.4 Å². The van der Waals surface area contributed by atoms with Gasteiger partial charge in [0, 0.05) is 22.7 Å². The van der Waals surface area contributed by atoms with Crippen molar-refractivity contribution in [2.24, 2.45) is 0 Å². The number of nitrogens with one attached hydrogen (secondary N) is 1. The lowest BCUT2D eigenvalue weighted by molar-refractivity contribution is 0.0764. The Morgan fingerprint density at radius 3 is 3.05 bits per heavy atom. The maximum absolute atomic E-state index is 8.99. The second-order valence-corrected chi connectivity index (χ2v) is 6.17. The van der Waals surface area contributed by atoms with Gasteiger partial charge in [0.2, 0.25) is 0 Å². The van der Waals surface area contributed by atoms with Crippen molar-refractivity contribution in [1.29, 1.82) is 5.26 Å². The minimum atomic E-state index is -0.331. The lowest BCUT2D eigenvalue weighted by atomic mass is 10.1. The molecular weight excluding hydrogens is 330 g/mol. The fourth-order valence-corrected chi connectivity index (χ4v) is 3.21. The van der Waals surface area contributed by atoms with Crippen molar-refractivity contribution in [3.63, 3.8) is 0 Å². The molecule has 0 spiro atoms. The van der Waals surface area contributed by atoms with Gasteiger partial charge in [0.05, 0.1) is 19.2 Å². The Balaban J connectivity index is 2.09. The van der Waals surface area contributed by atoms with Gasteiger partial charge < -0.3 is 15.0 Å². The Morgan fingerprint density at radius 2 is 2.38 bits per heavy atom. The minimum absolute atomic E-state index is 0.324. The molecule has 114 valence electrons. The van der Waals surface area contributed by atoms with Crippen LogP contribution in [0.2, 0.25) is 0 Å². The van der Waals surface area contributed by atoms with E-state index in [1.807, 2.05) is 0 Å². The average molecular weight is 352 g/mol. The summed E-state index contributed by atoms with van der Waals surface area (Å²) in [5.41, 5.74) is 2.40. The van der Waals surface area contributed by atoms with Crippen LogP contribution in [0.1, 0.15) is 31.9 Å². The third kappa shape index (κ3) is 4.19. The molecule has 1 aromatic carbocycles. The van der Waals surface area contributed by atoms with Gasteiger partial charge in [-0.25, -0.2) is 0 Å². The van der Waals surface area contributed by atoms with Crippen LogP contribution in [0.5, 0.6) is 0 Å². The smallest absolute Gasteiger partial charge is 0.161 e. The van der Waals surface area contributed by atoms with Gasteiger partial charge in [0.25, 0.3) is 0 Å². The molecule has 0 aromatic heterocycles. The summed E-state index contributed by atoms with van der Waals surface area (Å²) in [4.78, 5) is 2.20.